The van der Waals surface area contributed by atoms with Crippen molar-refractivity contribution >= 4 is 22.4 Å². The zero-order valence-corrected chi connectivity index (χ0v) is 11.0. The van der Waals surface area contributed by atoms with Crippen LogP contribution in [-0.2, 0) is 6.54 Å². The highest BCUT2D eigenvalue weighted by Crippen LogP contribution is 2.11. The van der Waals surface area contributed by atoms with Gasteiger partial charge in [0, 0.05) is 22.3 Å². The van der Waals surface area contributed by atoms with Crippen LogP contribution in [-0.4, -0.2) is 15.9 Å². The maximum absolute atomic E-state index is 11.9. The van der Waals surface area contributed by atoms with Gasteiger partial charge in [-0.2, -0.15) is 0 Å². The second-order valence-electron chi connectivity index (χ2n) is 4.00. The Hall–Kier alpha value is -1.95. The van der Waals surface area contributed by atoms with Crippen molar-refractivity contribution in [3.05, 3.63) is 40.2 Å². The molecule has 0 saturated carbocycles. The van der Waals surface area contributed by atoms with Crippen LogP contribution >= 0.6 is 11.3 Å². The van der Waals surface area contributed by atoms with E-state index in [4.69, 9.17) is 5.73 Å². The summed E-state index contributed by atoms with van der Waals surface area (Å²) in [5.74, 6) is -0.129. The number of carbonyl (C=O) groups is 1. The summed E-state index contributed by atoms with van der Waals surface area (Å²) in [4.78, 5) is 20.2. The summed E-state index contributed by atoms with van der Waals surface area (Å²) in [6.07, 6.45) is 0. The molecular weight excluding hydrogens is 248 g/mol. The molecule has 0 atom stereocenters. The van der Waals surface area contributed by atoms with Gasteiger partial charge in [0.2, 0.25) is 0 Å². The van der Waals surface area contributed by atoms with Gasteiger partial charge in [0.1, 0.15) is 0 Å². The fourth-order valence-electron chi connectivity index (χ4n) is 1.64. The summed E-state index contributed by atoms with van der Waals surface area (Å²) in [7, 11) is 0. The number of nitrogens with zero attached hydrogens (tertiary/aromatic N) is 2. The molecule has 0 aliphatic carbocycles. The third-order valence-corrected chi connectivity index (χ3v) is 3.07. The van der Waals surface area contributed by atoms with Crippen LogP contribution in [0.1, 0.15) is 27.4 Å². The smallest absolute Gasteiger partial charge is 0.251 e. The first-order valence-electron chi connectivity index (χ1n) is 5.48. The molecule has 2 aromatic heterocycles. The van der Waals surface area contributed by atoms with E-state index in [-0.39, 0.29) is 5.91 Å². The molecule has 0 bridgehead atoms. The van der Waals surface area contributed by atoms with Crippen LogP contribution in [0.4, 0.5) is 5.13 Å². The fourth-order valence-corrected chi connectivity index (χ4v) is 2.21. The van der Waals surface area contributed by atoms with Crippen LogP contribution < -0.4 is 11.1 Å². The van der Waals surface area contributed by atoms with Gasteiger partial charge in [-0.3, -0.25) is 9.78 Å². The van der Waals surface area contributed by atoms with Gasteiger partial charge in [-0.25, -0.2) is 4.98 Å². The molecular formula is C12H14N4OS. The number of carbonyl (C=O) groups excluding carboxylic acids is 1. The van der Waals surface area contributed by atoms with Crippen molar-refractivity contribution in [1.29, 1.82) is 0 Å². The Labute approximate surface area is 109 Å². The Morgan fingerprint density at radius 2 is 2.00 bits per heavy atom. The van der Waals surface area contributed by atoms with Crippen molar-refractivity contribution in [2.24, 2.45) is 0 Å². The molecule has 0 aliphatic heterocycles. The van der Waals surface area contributed by atoms with Crippen LogP contribution in [0, 0.1) is 13.8 Å². The van der Waals surface area contributed by atoms with Gasteiger partial charge in [0.15, 0.2) is 5.13 Å². The molecule has 0 saturated heterocycles. The van der Waals surface area contributed by atoms with Gasteiger partial charge < -0.3 is 11.1 Å². The normalized spacial score (nSPS) is 10.3. The van der Waals surface area contributed by atoms with Gasteiger partial charge in [0.05, 0.1) is 12.2 Å². The predicted octanol–water partition coefficient (Wildman–Crippen LogP) is 1.67. The van der Waals surface area contributed by atoms with Crippen LogP contribution in [0.2, 0.25) is 0 Å². The lowest BCUT2D eigenvalue weighted by Crippen LogP contribution is -2.23. The van der Waals surface area contributed by atoms with Gasteiger partial charge in [-0.05, 0) is 26.0 Å². The molecule has 6 heteroatoms. The van der Waals surface area contributed by atoms with Crippen LogP contribution in [0.25, 0.3) is 0 Å². The SMILES string of the molecule is Cc1cc(C(=O)NCc2csc(N)n2)cc(C)n1. The Bertz CT molecular complexity index is 559. The maximum atomic E-state index is 11.9. The van der Waals surface area contributed by atoms with E-state index in [0.717, 1.165) is 17.1 Å². The Morgan fingerprint density at radius 1 is 1.33 bits per heavy atom. The highest BCUT2D eigenvalue weighted by atomic mass is 32.1. The number of aromatic nitrogens is 2. The number of pyridine rings is 1. The minimum Gasteiger partial charge on any atom is -0.375 e. The molecule has 5 nitrogen and oxygen atoms in total. The predicted molar refractivity (Wildman–Crippen MR) is 71.4 cm³/mol. The standard InChI is InChI=1S/C12H14N4OS/c1-7-3-9(4-8(2)15-7)11(17)14-5-10-6-18-12(13)16-10/h3-4,6H,5H2,1-2H3,(H2,13,16)(H,14,17). The highest BCUT2D eigenvalue weighted by Gasteiger charge is 2.08. The minimum atomic E-state index is -0.129. The van der Waals surface area contributed by atoms with Crippen molar-refractivity contribution in [3.63, 3.8) is 0 Å². The summed E-state index contributed by atoms with van der Waals surface area (Å²) in [5.41, 5.74) is 8.57. The average Bonchev–Trinajstić information content (AvgIpc) is 2.70. The number of hydrogen-bond acceptors (Lipinski definition) is 5. The molecule has 2 rings (SSSR count). The fraction of sp³-hybridized carbons (Fsp3) is 0.250. The Kier molecular flexibility index (Phi) is 3.57. The van der Waals surface area contributed by atoms with Crippen LogP contribution in [0.3, 0.4) is 0 Å². The second kappa shape index (κ2) is 5.14. The van der Waals surface area contributed by atoms with Gasteiger partial charge >= 0.3 is 0 Å². The molecule has 0 unspecified atom stereocenters. The van der Waals surface area contributed by atoms with Crippen LogP contribution in [0.15, 0.2) is 17.5 Å². The second-order valence-corrected chi connectivity index (χ2v) is 4.89. The van der Waals surface area contributed by atoms with E-state index in [0.29, 0.717) is 17.2 Å². The third kappa shape index (κ3) is 3.04. The quantitative estimate of drug-likeness (QED) is 0.881. The summed E-state index contributed by atoms with van der Waals surface area (Å²) >= 11 is 1.36. The number of nitrogen functional groups attached to an aromatic ring is 1. The number of anilines is 1. The van der Waals surface area contributed by atoms with Gasteiger partial charge in [-0.15, -0.1) is 11.3 Å². The van der Waals surface area contributed by atoms with Crippen molar-refractivity contribution < 1.29 is 4.79 Å². The number of amides is 1. The number of hydrogen-bond donors (Lipinski definition) is 2. The molecule has 2 heterocycles. The molecule has 18 heavy (non-hydrogen) atoms. The van der Waals surface area contributed by atoms with Crippen molar-refractivity contribution in [1.82, 2.24) is 15.3 Å². The van der Waals surface area contributed by atoms with E-state index in [2.05, 4.69) is 15.3 Å². The molecule has 0 aromatic carbocycles. The number of rotatable bonds is 3. The molecule has 3 N–H and O–H groups in total. The maximum Gasteiger partial charge on any atom is 0.251 e. The Morgan fingerprint density at radius 3 is 2.56 bits per heavy atom. The molecule has 0 fully saturated rings. The largest absolute Gasteiger partial charge is 0.375 e. The van der Waals surface area contributed by atoms with Crippen LogP contribution in [0.5, 0.6) is 0 Å². The number of nitrogens with two attached hydrogens (primary N) is 1. The van der Waals surface area contributed by atoms with E-state index in [1.807, 2.05) is 19.2 Å². The highest BCUT2D eigenvalue weighted by molar-refractivity contribution is 7.13. The topological polar surface area (TPSA) is 80.9 Å². The summed E-state index contributed by atoms with van der Waals surface area (Å²) in [5, 5.41) is 5.15. The van der Waals surface area contributed by atoms with E-state index in [1.54, 1.807) is 12.1 Å². The molecule has 94 valence electrons. The molecule has 1 amide bonds. The van der Waals surface area contributed by atoms with Gasteiger partial charge in [0.25, 0.3) is 5.91 Å². The van der Waals surface area contributed by atoms with E-state index in [9.17, 15) is 4.79 Å². The number of nitrogens with one attached hydrogen (secondary N) is 1. The lowest BCUT2D eigenvalue weighted by molar-refractivity contribution is 0.0950. The molecule has 0 radical (unpaired) electrons. The lowest BCUT2D eigenvalue weighted by Gasteiger charge is -2.05. The van der Waals surface area contributed by atoms with E-state index >= 15 is 0 Å². The monoisotopic (exact) mass is 262 g/mol. The lowest BCUT2D eigenvalue weighted by atomic mass is 10.2. The average molecular weight is 262 g/mol. The zero-order chi connectivity index (χ0) is 13.1. The number of aryl methyl sites for hydroxylation is 2. The zero-order valence-electron chi connectivity index (χ0n) is 10.2. The summed E-state index contributed by atoms with van der Waals surface area (Å²) in [6, 6.07) is 3.52. The van der Waals surface area contributed by atoms with Crippen molar-refractivity contribution in [2.45, 2.75) is 20.4 Å². The molecule has 2 aromatic rings. The molecule has 0 aliphatic rings. The first-order chi connectivity index (χ1) is 8.54. The van der Waals surface area contributed by atoms with E-state index in [1.165, 1.54) is 11.3 Å². The molecule has 0 spiro atoms. The van der Waals surface area contributed by atoms with Gasteiger partial charge in [-0.1, -0.05) is 0 Å². The van der Waals surface area contributed by atoms with Crippen molar-refractivity contribution in [2.75, 3.05) is 5.73 Å². The summed E-state index contributed by atoms with van der Waals surface area (Å²) in [6.45, 7) is 4.11. The Balaban J connectivity index is 2.03. The third-order valence-electron chi connectivity index (χ3n) is 2.34. The van der Waals surface area contributed by atoms with E-state index < -0.39 is 0 Å². The van der Waals surface area contributed by atoms with Crippen molar-refractivity contribution in [3.8, 4) is 0 Å². The minimum absolute atomic E-state index is 0.129. The first-order valence-corrected chi connectivity index (χ1v) is 6.36. The number of thiazole rings is 1. The summed E-state index contributed by atoms with van der Waals surface area (Å²) < 4.78 is 0. The first kappa shape index (κ1) is 12.5.